The fourth-order valence-electron chi connectivity index (χ4n) is 3.59. The van der Waals surface area contributed by atoms with Gasteiger partial charge in [0, 0.05) is 17.5 Å². The second-order valence-corrected chi connectivity index (χ2v) is 9.11. The average molecular weight is 388 g/mol. The van der Waals surface area contributed by atoms with Crippen LogP contribution >= 0.6 is 0 Å². The zero-order chi connectivity index (χ0) is 20.0. The van der Waals surface area contributed by atoms with Crippen LogP contribution in [0.1, 0.15) is 41.3 Å². The van der Waals surface area contributed by atoms with Gasteiger partial charge in [-0.05, 0) is 47.7 Å². The predicted molar refractivity (Wildman–Crippen MR) is 103 cm³/mol. The Balaban J connectivity index is 1.79. The third kappa shape index (κ3) is 3.70. The van der Waals surface area contributed by atoms with Crippen LogP contribution in [0.3, 0.4) is 0 Å². The molecule has 1 saturated carbocycles. The average Bonchev–Trinajstić information content (AvgIpc) is 3.14. The monoisotopic (exact) mass is 388 g/mol. The highest BCUT2D eigenvalue weighted by Gasteiger charge is 2.59. The van der Waals surface area contributed by atoms with Crippen LogP contribution in [0.25, 0.3) is 0 Å². The van der Waals surface area contributed by atoms with Gasteiger partial charge < -0.3 is 10.1 Å². The highest BCUT2D eigenvalue weighted by molar-refractivity contribution is 7.89. The van der Waals surface area contributed by atoms with Gasteiger partial charge in [0.2, 0.25) is 10.0 Å². The maximum absolute atomic E-state index is 12.8. The van der Waals surface area contributed by atoms with Gasteiger partial charge in [-0.25, -0.2) is 13.6 Å². The molecule has 7 heteroatoms. The Kier molecular flexibility index (Phi) is 4.78. The Hall–Kier alpha value is -2.38. The Bertz CT molecular complexity index is 982. The molecular weight excluding hydrogens is 364 g/mol. The van der Waals surface area contributed by atoms with E-state index in [1.807, 2.05) is 19.1 Å². The molecule has 0 heterocycles. The second kappa shape index (κ2) is 6.65. The van der Waals surface area contributed by atoms with E-state index in [0.717, 1.165) is 11.1 Å². The molecule has 27 heavy (non-hydrogen) atoms. The number of carbonyl (C=O) groups excluding carboxylic acids is 1. The van der Waals surface area contributed by atoms with E-state index in [4.69, 9.17) is 9.88 Å². The van der Waals surface area contributed by atoms with E-state index in [2.05, 4.69) is 19.2 Å². The van der Waals surface area contributed by atoms with Crippen molar-refractivity contribution in [3.8, 4) is 5.75 Å². The summed E-state index contributed by atoms with van der Waals surface area (Å²) in [4.78, 5) is 12.9. The van der Waals surface area contributed by atoms with E-state index < -0.39 is 10.0 Å². The number of carbonyl (C=O) groups is 1. The van der Waals surface area contributed by atoms with Crippen LogP contribution in [0.2, 0.25) is 0 Å². The number of amides is 1. The van der Waals surface area contributed by atoms with Crippen molar-refractivity contribution in [2.45, 2.75) is 37.6 Å². The van der Waals surface area contributed by atoms with Crippen molar-refractivity contribution in [2.75, 3.05) is 7.11 Å². The van der Waals surface area contributed by atoms with Gasteiger partial charge in [0.15, 0.2) is 0 Å². The summed E-state index contributed by atoms with van der Waals surface area (Å²) in [6, 6.07) is 11.9. The van der Waals surface area contributed by atoms with Crippen LogP contribution in [0.4, 0.5) is 0 Å². The number of nitrogens with one attached hydrogen (secondary N) is 1. The number of ether oxygens (including phenoxy) is 1. The maximum Gasteiger partial charge on any atom is 0.251 e. The maximum atomic E-state index is 12.8. The molecule has 0 saturated heterocycles. The highest BCUT2D eigenvalue weighted by atomic mass is 32.2. The zero-order valence-electron chi connectivity index (χ0n) is 15.8. The number of primary sulfonamides is 1. The van der Waals surface area contributed by atoms with E-state index in [1.54, 1.807) is 25.3 Å². The summed E-state index contributed by atoms with van der Waals surface area (Å²) in [5.74, 6) is 0.589. The minimum absolute atomic E-state index is 0.0454. The number of sulfonamides is 1. The van der Waals surface area contributed by atoms with Crippen molar-refractivity contribution in [3.63, 3.8) is 0 Å². The second-order valence-electron chi connectivity index (χ2n) is 7.55. The quantitative estimate of drug-likeness (QED) is 0.822. The number of hydrogen-bond acceptors (Lipinski definition) is 4. The summed E-state index contributed by atoms with van der Waals surface area (Å²) in [7, 11) is -2.15. The number of benzene rings is 2. The van der Waals surface area contributed by atoms with Crippen LogP contribution in [0.5, 0.6) is 5.75 Å². The Labute approximate surface area is 159 Å². The summed E-state index contributed by atoms with van der Waals surface area (Å²) >= 11 is 0. The lowest BCUT2D eigenvalue weighted by Gasteiger charge is -2.10. The van der Waals surface area contributed by atoms with Crippen molar-refractivity contribution in [3.05, 3.63) is 59.2 Å². The van der Waals surface area contributed by atoms with Crippen molar-refractivity contribution >= 4 is 15.9 Å². The molecule has 0 spiro atoms. The smallest absolute Gasteiger partial charge is 0.251 e. The van der Waals surface area contributed by atoms with E-state index in [-0.39, 0.29) is 28.2 Å². The van der Waals surface area contributed by atoms with Crippen molar-refractivity contribution < 1.29 is 17.9 Å². The number of nitrogens with two attached hydrogens (primary N) is 1. The summed E-state index contributed by atoms with van der Waals surface area (Å²) in [5, 5.41) is 8.26. The van der Waals surface area contributed by atoms with Crippen LogP contribution in [0.15, 0.2) is 47.4 Å². The van der Waals surface area contributed by atoms with Gasteiger partial charge in [-0.1, -0.05) is 32.0 Å². The molecule has 6 nitrogen and oxygen atoms in total. The summed E-state index contributed by atoms with van der Waals surface area (Å²) in [6.07, 6.45) is 0. The standard InChI is InChI=1S/C20H24N2O4S/c1-12-5-8-14(26-4)11-16(12)19(23)22-18-17(20(18,2)3)13-6-9-15(10-7-13)27(21,24)25/h5-11,17-18H,1-4H3,(H,22,23)(H2,21,24,25). The first-order valence-corrected chi connectivity index (χ1v) is 10.2. The van der Waals surface area contributed by atoms with Gasteiger partial charge in [0.25, 0.3) is 5.91 Å². The molecule has 1 aliphatic rings. The molecule has 2 aromatic rings. The van der Waals surface area contributed by atoms with Crippen LogP contribution in [0, 0.1) is 12.3 Å². The molecular formula is C20H24N2O4S. The van der Waals surface area contributed by atoms with Crippen LogP contribution < -0.4 is 15.2 Å². The van der Waals surface area contributed by atoms with Crippen LogP contribution in [-0.4, -0.2) is 27.5 Å². The third-order valence-electron chi connectivity index (χ3n) is 5.37. The molecule has 0 bridgehead atoms. The molecule has 0 radical (unpaired) electrons. The molecule has 0 aliphatic heterocycles. The molecule has 2 atom stereocenters. The lowest BCUT2D eigenvalue weighted by Crippen LogP contribution is -2.29. The molecule has 3 rings (SSSR count). The van der Waals surface area contributed by atoms with Gasteiger partial charge in [0.05, 0.1) is 12.0 Å². The minimum atomic E-state index is -3.72. The van der Waals surface area contributed by atoms with Gasteiger partial charge in [-0.15, -0.1) is 0 Å². The first-order chi connectivity index (χ1) is 12.6. The Morgan fingerprint density at radius 3 is 2.33 bits per heavy atom. The first kappa shape index (κ1) is 19.4. The first-order valence-electron chi connectivity index (χ1n) is 8.64. The molecule has 3 N–H and O–H groups in total. The SMILES string of the molecule is COc1ccc(C)c(C(=O)NC2C(c3ccc(S(N)(=O)=O)cc3)C2(C)C)c1. The zero-order valence-corrected chi connectivity index (χ0v) is 16.6. The van der Waals surface area contributed by atoms with Gasteiger partial charge >= 0.3 is 0 Å². The predicted octanol–water partition coefficient (Wildman–Crippen LogP) is 2.57. The van der Waals surface area contributed by atoms with Gasteiger partial charge in [0.1, 0.15) is 5.75 Å². The Morgan fingerprint density at radius 1 is 1.15 bits per heavy atom. The van der Waals surface area contributed by atoms with Gasteiger partial charge in [-0.3, -0.25) is 4.79 Å². The van der Waals surface area contributed by atoms with E-state index in [1.165, 1.54) is 12.1 Å². The van der Waals surface area contributed by atoms with Crippen molar-refractivity contribution in [2.24, 2.45) is 10.6 Å². The normalized spacial score (nSPS) is 20.8. The van der Waals surface area contributed by atoms with Crippen molar-refractivity contribution in [1.29, 1.82) is 0 Å². The molecule has 2 aromatic carbocycles. The van der Waals surface area contributed by atoms with Crippen LogP contribution in [-0.2, 0) is 10.0 Å². The molecule has 144 valence electrons. The van der Waals surface area contributed by atoms with Crippen molar-refractivity contribution in [1.82, 2.24) is 5.32 Å². The third-order valence-corrected chi connectivity index (χ3v) is 6.30. The molecule has 2 unspecified atom stereocenters. The topological polar surface area (TPSA) is 98.5 Å². The molecule has 1 aliphatic carbocycles. The summed E-state index contributed by atoms with van der Waals surface area (Å²) < 4.78 is 28.0. The largest absolute Gasteiger partial charge is 0.497 e. The molecule has 1 amide bonds. The number of hydrogen-bond donors (Lipinski definition) is 2. The summed E-state index contributed by atoms with van der Waals surface area (Å²) in [5.41, 5.74) is 2.30. The number of aryl methyl sites for hydroxylation is 1. The van der Waals surface area contributed by atoms with Gasteiger partial charge in [-0.2, -0.15) is 0 Å². The van der Waals surface area contributed by atoms with E-state index in [9.17, 15) is 13.2 Å². The molecule has 1 fully saturated rings. The lowest BCUT2D eigenvalue weighted by atomic mass is 10.0. The number of rotatable bonds is 5. The summed E-state index contributed by atoms with van der Waals surface area (Å²) in [6.45, 7) is 6.04. The minimum Gasteiger partial charge on any atom is -0.497 e. The lowest BCUT2D eigenvalue weighted by molar-refractivity contribution is 0.0945. The Morgan fingerprint density at radius 2 is 1.78 bits per heavy atom. The highest BCUT2D eigenvalue weighted by Crippen LogP contribution is 2.58. The molecule has 0 aromatic heterocycles. The fraction of sp³-hybridized carbons (Fsp3) is 0.350. The fourth-order valence-corrected chi connectivity index (χ4v) is 4.10. The van der Waals surface area contributed by atoms with E-state index >= 15 is 0 Å². The number of methoxy groups -OCH3 is 1. The van der Waals surface area contributed by atoms with E-state index in [0.29, 0.717) is 11.3 Å².